The van der Waals surface area contributed by atoms with Gasteiger partial charge in [0.2, 0.25) is 0 Å². The molecule has 2 rings (SSSR count). The minimum absolute atomic E-state index is 0.0331. The zero-order valence-corrected chi connectivity index (χ0v) is 12.5. The monoisotopic (exact) mass is 285 g/mol. The van der Waals surface area contributed by atoms with Crippen molar-refractivity contribution in [1.29, 1.82) is 0 Å². The van der Waals surface area contributed by atoms with Crippen LogP contribution in [-0.2, 0) is 12.0 Å². The fraction of sp³-hybridized carbons (Fsp3) is 0.294. The largest absolute Gasteiger partial charge is 0.489 e. The summed E-state index contributed by atoms with van der Waals surface area (Å²) in [4.78, 5) is 15.0. The van der Waals surface area contributed by atoms with Gasteiger partial charge in [-0.25, -0.2) is 9.78 Å². The summed E-state index contributed by atoms with van der Waals surface area (Å²) in [5.74, 6) is -0.275. The minimum Gasteiger partial charge on any atom is -0.489 e. The van der Waals surface area contributed by atoms with E-state index in [0.717, 1.165) is 11.3 Å². The van der Waals surface area contributed by atoms with Crippen molar-refractivity contribution in [3.8, 4) is 5.75 Å². The molecule has 1 aromatic heterocycles. The molecule has 0 saturated heterocycles. The molecule has 0 aliphatic heterocycles. The first kappa shape index (κ1) is 15.0. The van der Waals surface area contributed by atoms with Crippen LogP contribution in [-0.4, -0.2) is 16.1 Å². The highest BCUT2D eigenvalue weighted by Gasteiger charge is 2.19. The van der Waals surface area contributed by atoms with Gasteiger partial charge in [0.15, 0.2) is 5.69 Å². The fourth-order valence-electron chi connectivity index (χ4n) is 2.12. The molecule has 21 heavy (non-hydrogen) atoms. The van der Waals surface area contributed by atoms with E-state index >= 15 is 0 Å². The molecule has 4 nitrogen and oxygen atoms in total. The van der Waals surface area contributed by atoms with Crippen molar-refractivity contribution in [2.24, 2.45) is 0 Å². The van der Waals surface area contributed by atoms with Gasteiger partial charge in [-0.15, -0.1) is 0 Å². The van der Waals surface area contributed by atoms with Gasteiger partial charge in [0.05, 0.1) is 0 Å². The van der Waals surface area contributed by atoms with Gasteiger partial charge in [0, 0.05) is 11.8 Å². The van der Waals surface area contributed by atoms with Crippen molar-refractivity contribution >= 4 is 5.97 Å². The quantitative estimate of drug-likeness (QED) is 0.931. The van der Waals surface area contributed by atoms with Gasteiger partial charge in [0.25, 0.3) is 0 Å². The molecule has 0 amide bonds. The third-order valence-corrected chi connectivity index (χ3v) is 3.17. The molecule has 0 saturated carbocycles. The standard InChI is InChI=1S/C17H19NO3/c1-17(2,3)13-8-4-5-9-14(13)21-11-12-7-6-10-18-15(12)16(19)20/h4-10H,11H2,1-3H3,(H,19,20). The van der Waals surface area contributed by atoms with E-state index in [-0.39, 0.29) is 17.7 Å². The minimum atomic E-state index is -1.04. The van der Waals surface area contributed by atoms with E-state index in [0.29, 0.717) is 5.56 Å². The van der Waals surface area contributed by atoms with Gasteiger partial charge in [-0.1, -0.05) is 45.0 Å². The Labute approximate surface area is 124 Å². The van der Waals surface area contributed by atoms with Gasteiger partial charge in [-0.2, -0.15) is 0 Å². The lowest BCUT2D eigenvalue weighted by molar-refractivity contribution is 0.0687. The SMILES string of the molecule is CC(C)(C)c1ccccc1OCc1cccnc1C(=O)O. The molecule has 2 aromatic rings. The predicted molar refractivity (Wildman–Crippen MR) is 80.7 cm³/mol. The number of carboxylic acid groups (broad SMARTS) is 1. The number of para-hydroxylation sites is 1. The number of hydrogen-bond acceptors (Lipinski definition) is 3. The van der Waals surface area contributed by atoms with Crippen molar-refractivity contribution in [3.63, 3.8) is 0 Å². The van der Waals surface area contributed by atoms with E-state index in [4.69, 9.17) is 9.84 Å². The summed E-state index contributed by atoms with van der Waals surface area (Å²) in [5.41, 5.74) is 1.64. The molecule has 0 atom stereocenters. The third-order valence-electron chi connectivity index (χ3n) is 3.17. The summed E-state index contributed by atoms with van der Waals surface area (Å²) >= 11 is 0. The van der Waals surface area contributed by atoms with E-state index in [9.17, 15) is 4.79 Å². The van der Waals surface area contributed by atoms with Gasteiger partial charge >= 0.3 is 5.97 Å². The average Bonchev–Trinajstić information content (AvgIpc) is 2.44. The zero-order valence-electron chi connectivity index (χ0n) is 12.5. The molecular weight excluding hydrogens is 266 g/mol. The first-order valence-electron chi connectivity index (χ1n) is 6.79. The van der Waals surface area contributed by atoms with E-state index in [1.165, 1.54) is 6.20 Å². The van der Waals surface area contributed by atoms with Crippen molar-refractivity contribution in [2.75, 3.05) is 0 Å². The summed E-state index contributed by atoms with van der Waals surface area (Å²) in [6.07, 6.45) is 1.47. The summed E-state index contributed by atoms with van der Waals surface area (Å²) < 4.78 is 5.84. The second kappa shape index (κ2) is 5.95. The van der Waals surface area contributed by atoms with Crippen LogP contribution in [0.4, 0.5) is 0 Å². The Hall–Kier alpha value is -2.36. The van der Waals surface area contributed by atoms with Crippen LogP contribution < -0.4 is 4.74 Å². The van der Waals surface area contributed by atoms with Crippen LogP contribution in [0.3, 0.4) is 0 Å². The van der Waals surface area contributed by atoms with Crippen LogP contribution in [0.5, 0.6) is 5.75 Å². The van der Waals surface area contributed by atoms with Crippen molar-refractivity contribution in [3.05, 3.63) is 59.4 Å². The molecule has 0 spiro atoms. The third kappa shape index (κ3) is 3.60. The van der Waals surface area contributed by atoms with E-state index in [2.05, 4.69) is 25.8 Å². The lowest BCUT2D eigenvalue weighted by atomic mass is 9.86. The Kier molecular flexibility index (Phi) is 4.26. The van der Waals surface area contributed by atoms with Crippen molar-refractivity contribution in [2.45, 2.75) is 32.8 Å². The maximum absolute atomic E-state index is 11.1. The maximum Gasteiger partial charge on any atom is 0.354 e. The Morgan fingerprint density at radius 3 is 2.57 bits per heavy atom. The maximum atomic E-state index is 11.1. The number of rotatable bonds is 4. The number of ether oxygens (including phenoxy) is 1. The molecule has 0 aliphatic rings. The van der Waals surface area contributed by atoms with Crippen LogP contribution in [0.25, 0.3) is 0 Å². The number of aromatic nitrogens is 1. The molecule has 1 aromatic carbocycles. The smallest absolute Gasteiger partial charge is 0.354 e. The highest BCUT2D eigenvalue weighted by Crippen LogP contribution is 2.31. The fourth-order valence-corrected chi connectivity index (χ4v) is 2.12. The van der Waals surface area contributed by atoms with Crippen LogP contribution in [0.15, 0.2) is 42.6 Å². The number of carboxylic acids is 1. The van der Waals surface area contributed by atoms with E-state index < -0.39 is 5.97 Å². The number of benzene rings is 1. The van der Waals surface area contributed by atoms with Crippen molar-refractivity contribution < 1.29 is 14.6 Å². The molecule has 0 radical (unpaired) electrons. The topological polar surface area (TPSA) is 59.4 Å². The molecule has 1 N–H and O–H groups in total. The number of pyridine rings is 1. The first-order valence-corrected chi connectivity index (χ1v) is 6.79. The lowest BCUT2D eigenvalue weighted by Crippen LogP contribution is -2.14. The second-order valence-electron chi connectivity index (χ2n) is 5.85. The summed E-state index contributed by atoms with van der Waals surface area (Å²) in [7, 11) is 0. The Bertz CT molecular complexity index is 644. The van der Waals surface area contributed by atoms with Gasteiger partial charge < -0.3 is 9.84 Å². The normalized spacial score (nSPS) is 11.2. The zero-order chi connectivity index (χ0) is 15.5. The van der Waals surface area contributed by atoms with Crippen LogP contribution in [0.1, 0.15) is 42.4 Å². The second-order valence-corrected chi connectivity index (χ2v) is 5.85. The molecule has 0 aliphatic carbocycles. The number of aromatic carboxylic acids is 1. The molecule has 0 unspecified atom stereocenters. The highest BCUT2D eigenvalue weighted by molar-refractivity contribution is 5.86. The predicted octanol–water partition coefficient (Wildman–Crippen LogP) is 3.66. The first-order chi connectivity index (χ1) is 9.89. The molecule has 4 heteroatoms. The summed E-state index contributed by atoms with van der Waals surface area (Å²) in [6, 6.07) is 11.2. The van der Waals surface area contributed by atoms with Gasteiger partial charge in [0.1, 0.15) is 12.4 Å². The number of carbonyl (C=O) groups is 1. The lowest BCUT2D eigenvalue weighted by Gasteiger charge is -2.22. The number of hydrogen-bond donors (Lipinski definition) is 1. The summed E-state index contributed by atoms with van der Waals surface area (Å²) in [5, 5.41) is 9.13. The number of nitrogens with zero attached hydrogens (tertiary/aromatic N) is 1. The van der Waals surface area contributed by atoms with E-state index in [1.54, 1.807) is 12.1 Å². The van der Waals surface area contributed by atoms with E-state index in [1.807, 2.05) is 24.3 Å². The Morgan fingerprint density at radius 1 is 1.19 bits per heavy atom. The van der Waals surface area contributed by atoms with Crippen LogP contribution >= 0.6 is 0 Å². The molecule has 0 fully saturated rings. The average molecular weight is 285 g/mol. The molecule has 0 bridgehead atoms. The molecular formula is C17H19NO3. The van der Waals surface area contributed by atoms with Crippen LogP contribution in [0, 0.1) is 0 Å². The van der Waals surface area contributed by atoms with Crippen molar-refractivity contribution in [1.82, 2.24) is 4.98 Å². The molecule has 110 valence electrons. The van der Waals surface area contributed by atoms with Crippen LogP contribution in [0.2, 0.25) is 0 Å². The summed E-state index contributed by atoms with van der Waals surface area (Å²) in [6.45, 7) is 6.52. The highest BCUT2D eigenvalue weighted by atomic mass is 16.5. The van der Waals surface area contributed by atoms with Gasteiger partial charge in [-0.3, -0.25) is 0 Å². The Morgan fingerprint density at radius 2 is 1.90 bits per heavy atom. The van der Waals surface area contributed by atoms with Gasteiger partial charge in [-0.05, 0) is 23.1 Å². The molecule has 1 heterocycles. The Balaban J connectivity index is 2.24.